The second-order valence-electron chi connectivity index (χ2n) is 10.0. The van der Waals surface area contributed by atoms with E-state index in [1.54, 1.807) is 4.90 Å². The SMILES string of the molecule is CC1CC(NCCCOC2CCN(C(=O)OC(C)(C)C)CC2)CN1Cc1ccccc1. The molecule has 6 heteroatoms. The first-order chi connectivity index (χ1) is 14.8. The lowest BCUT2D eigenvalue weighted by Crippen LogP contribution is -2.43. The van der Waals surface area contributed by atoms with Crippen molar-refractivity contribution in [2.24, 2.45) is 0 Å². The summed E-state index contributed by atoms with van der Waals surface area (Å²) in [5, 5.41) is 3.72. The average Bonchev–Trinajstić information content (AvgIpc) is 3.07. The fourth-order valence-corrected chi connectivity index (χ4v) is 4.44. The monoisotopic (exact) mass is 431 g/mol. The van der Waals surface area contributed by atoms with E-state index in [4.69, 9.17) is 9.47 Å². The number of carbonyl (C=O) groups is 1. The summed E-state index contributed by atoms with van der Waals surface area (Å²) in [6.07, 6.45) is 4.06. The molecule has 1 amide bonds. The van der Waals surface area contributed by atoms with Gasteiger partial charge in [0.2, 0.25) is 0 Å². The average molecular weight is 432 g/mol. The highest BCUT2D eigenvalue weighted by atomic mass is 16.6. The van der Waals surface area contributed by atoms with E-state index in [1.165, 1.54) is 12.0 Å². The Morgan fingerprint density at radius 2 is 1.87 bits per heavy atom. The Labute approximate surface area is 188 Å². The molecule has 2 heterocycles. The summed E-state index contributed by atoms with van der Waals surface area (Å²) in [6, 6.07) is 11.9. The number of ether oxygens (including phenoxy) is 2. The fraction of sp³-hybridized carbons (Fsp3) is 0.720. The normalized spacial score (nSPS) is 23.3. The van der Waals surface area contributed by atoms with Crippen molar-refractivity contribution in [3.63, 3.8) is 0 Å². The van der Waals surface area contributed by atoms with Crippen molar-refractivity contribution in [2.45, 2.75) is 83.7 Å². The fourth-order valence-electron chi connectivity index (χ4n) is 4.44. The lowest BCUT2D eigenvalue weighted by Gasteiger charge is -2.33. The number of piperidine rings is 1. The second-order valence-corrected chi connectivity index (χ2v) is 10.0. The van der Waals surface area contributed by atoms with Crippen molar-refractivity contribution in [1.29, 1.82) is 0 Å². The second kappa shape index (κ2) is 11.3. The molecule has 0 saturated carbocycles. The van der Waals surface area contributed by atoms with Crippen LogP contribution in [0.2, 0.25) is 0 Å². The first-order valence-electron chi connectivity index (χ1n) is 11.9. The molecule has 2 aliphatic heterocycles. The van der Waals surface area contributed by atoms with E-state index in [2.05, 4.69) is 47.5 Å². The maximum absolute atomic E-state index is 12.1. The number of likely N-dealkylation sites (tertiary alicyclic amines) is 2. The number of amides is 1. The Morgan fingerprint density at radius 1 is 1.16 bits per heavy atom. The largest absolute Gasteiger partial charge is 0.444 e. The van der Waals surface area contributed by atoms with Gasteiger partial charge in [-0.3, -0.25) is 4.90 Å². The van der Waals surface area contributed by atoms with Gasteiger partial charge in [0.1, 0.15) is 5.60 Å². The molecule has 1 aromatic carbocycles. The predicted molar refractivity (Wildman–Crippen MR) is 124 cm³/mol. The zero-order valence-electron chi connectivity index (χ0n) is 19.8. The van der Waals surface area contributed by atoms with Gasteiger partial charge in [-0.25, -0.2) is 4.79 Å². The summed E-state index contributed by atoms with van der Waals surface area (Å²) in [6.45, 7) is 13.4. The molecular formula is C25H41N3O3. The van der Waals surface area contributed by atoms with Crippen LogP contribution >= 0.6 is 0 Å². The van der Waals surface area contributed by atoms with Crippen LogP contribution in [0.5, 0.6) is 0 Å². The summed E-state index contributed by atoms with van der Waals surface area (Å²) in [7, 11) is 0. The number of hydrogen-bond donors (Lipinski definition) is 1. The highest BCUT2D eigenvalue weighted by Gasteiger charge is 2.29. The summed E-state index contributed by atoms with van der Waals surface area (Å²) in [5.41, 5.74) is 0.953. The molecule has 0 aliphatic carbocycles. The maximum atomic E-state index is 12.1. The minimum atomic E-state index is -0.437. The summed E-state index contributed by atoms with van der Waals surface area (Å²) in [4.78, 5) is 16.5. The minimum Gasteiger partial charge on any atom is -0.444 e. The molecule has 2 fully saturated rings. The molecule has 0 aromatic heterocycles. The molecule has 1 aromatic rings. The third-order valence-electron chi connectivity index (χ3n) is 6.13. The van der Waals surface area contributed by atoms with E-state index in [0.29, 0.717) is 12.1 Å². The van der Waals surface area contributed by atoms with Crippen LogP contribution in [0.25, 0.3) is 0 Å². The van der Waals surface area contributed by atoms with Gasteiger partial charge in [0.05, 0.1) is 6.10 Å². The molecule has 174 valence electrons. The van der Waals surface area contributed by atoms with Crippen LogP contribution in [-0.4, -0.2) is 72.5 Å². The van der Waals surface area contributed by atoms with E-state index in [0.717, 1.165) is 58.6 Å². The number of hydrogen-bond acceptors (Lipinski definition) is 5. The van der Waals surface area contributed by atoms with Gasteiger partial charge < -0.3 is 19.7 Å². The van der Waals surface area contributed by atoms with Gasteiger partial charge in [0.15, 0.2) is 0 Å². The number of benzene rings is 1. The van der Waals surface area contributed by atoms with Gasteiger partial charge in [-0.1, -0.05) is 30.3 Å². The Kier molecular flexibility index (Phi) is 8.76. The Hall–Kier alpha value is -1.63. The number of rotatable bonds is 8. The van der Waals surface area contributed by atoms with E-state index in [1.807, 2.05) is 20.8 Å². The van der Waals surface area contributed by atoms with Crippen molar-refractivity contribution in [3.8, 4) is 0 Å². The number of carbonyl (C=O) groups excluding carboxylic acids is 1. The van der Waals surface area contributed by atoms with Crippen LogP contribution in [0, 0.1) is 0 Å². The van der Waals surface area contributed by atoms with E-state index < -0.39 is 5.60 Å². The van der Waals surface area contributed by atoms with Crippen molar-refractivity contribution >= 4 is 6.09 Å². The van der Waals surface area contributed by atoms with E-state index in [9.17, 15) is 4.79 Å². The van der Waals surface area contributed by atoms with Gasteiger partial charge in [0, 0.05) is 44.9 Å². The van der Waals surface area contributed by atoms with Crippen LogP contribution in [0.3, 0.4) is 0 Å². The Morgan fingerprint density at radius 3 is 2.55 bits per heavy atom. The quantitative estimate of drug-likeness (QED) is 0.630. The molecule has 1 N–H and O–H groups in total. The van der Waals surface area contributed by atoms with Crippen molar-refractivity contribution in [1.82, 2.24) is 15.1 Å². The molecule has 2 aliphatic rings. The van der Waals surface area contributed by atoms with Crippen LogP contribution in [0.4, 0.5) is 4.79 Å². The van der Waals surface area contributed by atoms with Gasteiger partial charge in [-0.05, 0) is 65.5 Å². The smallest absolute Gasteiger partial charge is 0.410 e. The molecule has 0 bridgehead atoms. The van der Waals surface area contributed by atoms with Gasteiger partial charge >= 0.3 is 6.09 Å². The maximum Gasteiger partial charge on any atom is 0.410 e. The highest BCUT2D eigenvalue weighted by molar-refractivity contribution is 5.68. The predicted octanol–water partition coefficient (Wildman–Crippen LogP) is 4.05. The molecule has 0 radical (unpaired) electrons. The van der Waals surface area contributed by atoms with Crippen molar-refractivity contribution < 1.29 is 14.3 Å². The van der Waals surface area contributed by atoms with Crippen molar-refractivity contribution in [2.75, 3.05) is 32.8 Å². The third-order valence-corrected chi connectivity index (χ3v) is 6.13. The Bertz CT molecular complexity index is 668. The standard InChI is InChI=1S/C25H41N3O3/c1-20-17-22(19-28(20)18-21-9-6-5-7-10-21)26-13-8-16-30-23-11-14-27(15-12-23)24(29)31-25(2,3)4/h5-7,9-10,20,22-23,26H,8,11-19H2,1-4H3. The lowest BCUT2D eigenvalue weighted by atomic mass is 10.1. The molecule has 31 heavy (non-hydrogen) atoms. The zero-order chi connectivity index (χ0) is 22.3. The van der Waals surface area contributed by atoms with Crippen LogP contribution in [-0.2, 0) is 16.0 Å². The molecular weight excluding hydrogens is 390 g/mol. The molecule has 6 nitrogen and oxygen atoms in total. The molecule has 2 unspecified atom stereocenters. The number of nitrogens with one attached hydrogen (secondary N) is 1. The van der Waals surface area contributed by atoms with Gasteiger partial charge in [0.25, 0.3) is 0 Å². The molecule has 2 atom stereocenters. The van der Waals surface area contributed by atoms with Crippen LogP contribution in [0.1, 0.15) is 58.9 Å². The summed E-state index contributed by atoms with van der Waals surface area (Å²) < 4.78 is 11.5. The van der Waals surface area contributed by atoms with Crippen LogP contribution in [0.15, 0.2) is 30.3 Å². The Balaban J connectivity index is 1.25. The van der Waals surface area contributed by atoms with Crippen LogP contribution < -0.4 is 5.32 Å². The number of nitrogens with zero attached hydrogens (tertiary/aromatic N) is 2. The molecule has 2 saturated heterocycles. The first kappa shape index (κ1) is 24.0. The third kappa shape index (κ3) is 8.09. The molecule has 3 rings (SSSR count). The van der Waals surface area contributed by atoms with Gasteiger partial charge in [-0.2, -0.15) is 0 Å². The highest BCUT2D eigenvalue weighted by Crippen LogP contribution is 2.20. The zero-order valence-corrected chi connectivity index (χ0v) is 19.8. The topological polar surface area (TPSA) is 54.0 Å². The van der Waals surface area contributed by atoms with Crippen molar-refractivity contribution in [3.05, 3.63) is 35.9 Å². The first-order valence-corrected chi connectivity index (χ1v) is 11.9. The van der Waals surface area contributed by atoms with Gasteiger partial charge in [-0.15, -0.1) is 0 Å². The van der Waals surface area contributed by atoms with E-state index >= 15 is 0 Å². The lowest BCUT2D eigenvalue weighted by molar-refractivity contribution is -0.0117. The summed E-state index contributed by atoms with van der Waals surface area (Å²) >= 11 is 0. The van der Waals surface area contributed by atoms with E-state index in [-0.39, 0.29) is 12.2 Å². The minimum absolute atomic E-state index is 0.206. The molecule has 0 spiro atoms. The summed E-state index contributed by atoms with van der Waals surface area (Å²) in [5.74, 6) is 0.